The molecule has 2 aliphatic rings. The Bertz CT molecular complexity index is 3150. The van der Waals surface area contributed by atoms with E-state index in [2.05, 4.69) is 21.0 Å². The minimum Gasteiger partial charge on any atom is -0.479 e. The Morgan fingerprint density at radius 3 is 2.46 bits per heavy atom. The van der Waals surface area contributed by atoms with Crippen LogP contribution in [-0.4, -0.2) is 96.2 Å². The summed E-state index contributed by atoms with van der Waals surface area (Å²) < 4.78 is 39.0. The van der Waals surface area contributed by atoms with Crippen molar-refractivity contribution in [1.82, 2.24) is 28.5 Å². The number of benzene rings is 3. The van der Waals surface area contributed by atoms with Crippen molar-refractivity contribution in [2.24, 2.45) is 7.05 Å². The smallest absolute Gasteiger partial charge is 0.349 e. The standard InChI is InChI=1S/C45H45ClN8O11S2/c1-45(2)19-31(48-30-9-5-7-27(17-30)40-38(46)39(65-23-37(57)58)41(66-40)43(60)61)14-15-53(45)67(63,64)24-25-6-4-8-29(16-25)49-36(56)22-52-21-28(20-47-52)26-10-11-32-34(18-26)51(3)44(62)54(32)33-12-13-35(55)50-42(33)59/h4-11,16-18,20-21,31,33,48H,12-15,19,22-24H2,1-3H3,(H,49,56)(H,57,58)(H,60,61)(H,50,55,59)/t31-,33?/m0/s1. The lowest BCUT2D eigenvalue weighted by molar-refractivity contribution is -0.139. The van der Waals surface area contributed by atoms with Gasteiger partial charge in [0, 0.05) is 54.7 Å². The van der Waals surface area contributed by atoms with Crippen molar-refractivity contribution in [2.75, 3.05) is 23.8 Å². The van der Waals surface area contributed by atoms with E-state index in [1.54, 1.807) is 80.1 Å². The largest absolute Gasteiger partial charge is 0.479 e. The first-order valence-electron chi connectivity index (χ1n) is 21.0. The molecule has 5 heterocycles. The lowest BCUT2D eigenvalue weighted by Gasteiger charge is -2.45. The monoisotopic (exact) mass is 972 g/mol. The molecule has 1 unspecified atom stereocenters. The molecule has 0 bridgehead atoms. The molecule has 2 saturated heterocycles. The fraction of sp³-hybridized carbons (Fsp3) is 0.311. The molecule has 350 valence electrons. The number of hydrogen-bond donors (Lipinski definition) is 5. The average Bonchev–Trinajstić information content (AvgIpc) is 3.93. The highest BCUT2D eigenvalue weighted by Gasteiger charge is 2.41. The summed E-state index contributed by atoms with van der Waals surface area (Å²) in [5.74, 6) is -4.38. The van der Waals surface area contributed by atoms with Crippen LogP contribution in [0.5, 0.6) is 5.75 Å². The SMILES string of the molecule is Cn1c(=O)n(C2CCC(=O)NC2=O)c2ccc(-c3cnn(CC(=O)Nc4cccc(CS(=O)(=O)N5CC[C@H](Nc6cccc(-c7sc(C(=O)O)c(OCC(=O)O)c7Cl)c6)CC5(C)C)c4)c3)cc21. The quantitative estimate of drug-likeness (QED) is 0.0793. The van der Waals surface area contributed by atoms with Gasteiger partial charge >= 0.3 is 17.6 Å². The number of carboxylic acids is 2. The number of aliphatic carboxylic acids is 1. The van der Waals surface area contributed by atoms with E-state index >= 15 is 0 Å². The molecule has 3 amide bonds. The molecule has 0 aliphatic carbocycles. The third-order valence-corrected chi connectivity index (χ3v) is 15.4. The predicted molar refractivity (Wildman–Crippen MR) is 250 cm³/mol. The number of carbonyl (C=O) groups excluding carboxylic acids is 3. The number of aromatic nitrogens is 4. The van der Waals surface area contributed by atoms with Crippen molar-refractivity contribution in [3.63, 3.8) is 0 Å². The number of aromatic carboxylic acids is 1. The molecule has 5 N–H and O–H groups in total. The minimum atomic E-state index is -3.83. The number of anilines is 2. The van der Waals surface area contributed by atoms with Crippen LogP contribution >= 0.6 is 22.9 Å². The number of carboxylic acid groups (broad SMARTS) is 2. The fourth-order valence-electron chi connectivity index (χ4n) is 8.74. The molecule has 2 atom stereocenters. The van der Waals surface area contributed by atoms with Gasteiger partial charge in [-0.3, -0.25) is 33.5 Å². The van der Waals surface area contributed by atoms with Crippen molar-refractivity contribution in [3.8, 4) is 27.3 Å². The van der Waals surface area contributed by atoms with E-state index in [0.717, 1.165) is 16.9 Å². The lowest BCUT2D eigenvalue weighted by atomic mass is 9.89. The molecule has 67 heavy (non-hydrogen) atoms. The normalized spacial score (nSPS) is 17.6. The Hall–Kier alpha value is -6.81. The van der Waals surface area contributed by atoms with Crippen LogP contribution in [0.1, 0.15) is 60.8 Å². The second-order valence-corrected chi connectivity index (χ2v) is 20.3. The summed E-state index contributed by atoms with van der Waals surface area (Å²) in [5, 5.41) is 31.7. The number of amides is 3. The molecule has 0 radical (unpaired) electrons. The van der Waals surface area contributed by atoms with E-state index in [9.17, 15) is 42.3 Å². The lowest BCUT2D eigenvalue weighted by Crippen LogP contribution is -2.55. The van der Waals surface area contributed by atoms with E-state index in [1.165, 1.54) is 18.1 Å². The van der Waals surface area contributed by atoms with E-state index < -0.39 is 52.0 Å². The highest BCUT2D eigenvalue weighted by molar-refractivity contribution is 7.88. The number of halogens is 1. The number of rotatable bonds is 15. The van der Waals surface area contributed by atoms with E-state index in [-0.39, 0.29) is 65.0 Å². The predicted octanol–water partition coefficient (Wildman–Crippen LogP) is 5.55. The molecule has 19 nitrogen and oxygen atoms in total. The first-order chi connectivity index (χ1) is 31.8. The first-order valence-corrected chi connectivity index (χ1v) is 23.8. The number of sulfonamides is 1. The Morgan fingerprint density at radius 2 is 1.73 bits per heavy atom. The maximum atomic E-state index is 14.0. The number of ether oxygens (including phenoxy) is 1. The molecule has 22 heteroatoms. The third-order valence-electron chi connectivity index (χ3n) is 11.7. The van der Waals surface area contributed by atoms with Crippen LogP contribution in [0, 0.1) is 0 Å². The Balaban J connectivity index is 0.879. The van der Waals surface area contributed by atoms with Gasteiger partial charge in [-0.25, -0.2) is 22.8 Å². The second kappa shape index (κ2) is 18.5. The molecule has 0 saturated carbocycles. The summed E-state index contributed by atoms with van der Waals surface area (Å²) in [4.78, 5) is 73.9. The van der Waals surface area contributed by atoms with Gasteiger partial charge in [-0.05, 0) is 86.2 Å². The molecule has 2 aliphatic heterocycles. The van der Waals surface area contributed by atoms with Gasteiger partial charge in [0.15, 0.2) is 17.2 Å². The van der Waals surface area contributed by atoms with E-state index in [0.29, 0.717) is 56.8 Å². The van der Waals surface area contributed by atoms with Crippen molar-refractivity contribution in [3.05, 3.63) is 105 Å². The zero-order valence-corrected chi connectivity index (χ0v) is 38.7. The van der Waals surface area contributed by atoms with E-state index in [4.69, 9.17) is 21.4 Å². The van der Waals surface area contributed by atoms with Crippen LogP contribution in [0.15, 0.2) is 83.9 Å². The molecular formula is C45H45ClN8O11S2. The molecular weight excluding hydrogens is 928 g/mol. The van der Waals surface area contributed by atoms with Gasteiger partial charge in [-0.2, -0.15) is 9.40 Å². The fourth-order valence-corrected chi connectivity index (χ4v) is 12.1. The third kappa shape index (κ3) is 9.85. The maximum Gasteiger partial charge on any atom is 0.349 e. The minimum absolute atomic E-state index is 0.0103. The summed E-state index contributed by atoms with van der Waals surface area (Å²) in [5.41, 5.74) is 3.53. The van der Waals surface area contributed by atoms with Gasteiger partial charge in [-0.15, -0.1) is 11.3 Å². The van der Waals surface area contributed by atoms with Crippen molar-refractivity contribution in [2.45, 2.75) is 69.5 Å². The van der Waals surface area contributed by atoms with Crippen LogP contribution in [0.25, 0.3) is 32.6 Å². The summed E-state index contributed by atoms with van der Waals surface area (Å²) in [7, 11) is -2.23. The number of aryl methyl sites for hydroxylation is 1. The summed E-state index contributed by atoms with van der Waals surface area (Å²) in [6.45, 7) is 3.07. The van der Waals surface area contributed by atoms with Crippen LogP contribution in [0.3, 0.4) is 0 Å². The van der Waals surface area contributed by atoms with Crippen molar-refractivity contribution < 1.29 is 47.3 Å². The molecule has 2 fully saturated rings. The van der Waals surface area contributed by atoms with Gasteiger partial charge < -0.3 is 25.6 Å². The zero-order valence-electron chi connectivity index (χ0n) is 36.3. The highest BCUT2D eigenvalue weighted by atomic mass is 35.5. The average molecular weight is 973 g/mol. The van der Waals surface area contributed by atoms with E-state index in [1.807, 2.05) is 19.9 Å². The molecule has 8 rings (SSSR count). The number of imide groups is 1. The number of nitrogens with zero attached hydrogens (tertiary/aromatic N) is 5. The highest BCUT2D eigenvalue weighted by Crippen LogP contribution is 2.46. The van der Waals surface area contributed by atoms with Crippen LogP contribution in [0.4, 0.5) is 11.4 Å². The van der Waals surface area contributed by atoms with Crippen molar-refractivity contribution >= 4 is 85.0 Å². The Labute approximate surface area is 392 Å². The van der Waals surface area contributed by atoms with Gasteiger partial charge in [0.05, 0.1) is 27.9 Å². The number of hydrogen-bond acceptors (Lipinski definition) is 12. The van der Waals surface area contributed by atoms with Gasteiger partial charge in [-0.1, -0.05) is 41.9 Å². The second-order valence-electron chi connectivity index (χ2n) is 17.0. The van der Waals surface area contributed by atoms with Crippen LogP contribution in [0.2, 0.25) is 5.02 Å². The Morgan fingerprint density at radius 1 is 0.970 bits per heavy atom. The number of imidazole rings is 1. The van der Waals surface area contributed by atoms with Crippen molar-refractivity contribution in [1.29, 1.82) is 0 Å². The van der Waals surface area contributed by atoms with Crippen LogP contribution in [-0.2, 0) is 48.5 Å². The zero-order chi connectivity index (χ0) is 47.9. The van der Waals surface area contributed by atoms with Gasteiger partial charge in [0.2, 0.25) is 27.7 Å². The number of carbonyl (C=O) groups is 5. The summed E-state index contributed by atoms with van der Waals surface area (Å²) in [6, 6.07) is 18.2. The number of fused-ring (bicyclic) bond motifs is 1. The maximum absolute atomic E-state index is 14.0. The summed E-state index contributed by atoms with van der Waals surface area (Å²) >= 11 is 7.38. The van der Waals surface area contributed by atoms with Crippen LogP contribution < -0.4 is 26.4 Å². The number of thiophene rings is 1. The number of piperidine rings is 2. The first kappa shape index (κ1) is 46.7. The molecule has 3 aromatic carbocycles. The molecule has 0 spiro atoms. The van der Waals surface area contributed by atoms with Gasteiger partial charge in [0.1, 0.15) is 17.6 Å². The molecule has 6 aromatic rings. The number of nitrogens with one attached hydrogen (secondary N) is 3. The Kier molecular flexibility index (Phi) is 12.9. The van der Waals surface area contributed by atoms with Gasteiger partial charge in [0.25, 0.3) is 0 Å². The molecule has 3 aromatic heterocycles. The summed E-state index contributed by atoms with van der Waals surface area (Å²) in [6.07, 6.45) is 4.58. The topological polar surface area (TPSA) is 253 Å².